The second kappa shape index (κ2) is 7.70. The minimum Gasteiger partial charge on any atom is -0.494 e. The van der Waals surface area contributed by atoms with Crippen molar-refractivity contribution in [2.24, 2.45) is 0 Å². The molecule has 0 amide bonds. The van der Waals surface area contributed by atoms with Crippen molar-refractivity contribution in [3.8, 4) is 5.75 Å². The Labute approximate surface area is 149 Å². The smallest absolute Gasteiger partial charge is 0.119 e. The first-order valence-electron chi connectivity index (χ1n) is 8.85. The summed E-state index contributed by atoms with van der Waals surface area (Å²) in [6.07, 6.45) is 1.47. The van der Waals surface area contributed by atoms with Gasteiger partial charge in [0.2, 0.25) is 0 Å². The van der Waals surface area contributed by atoms with Gasteiger partial charge in [0.05, 0.1) is 24.2 Å². The molecule has 0 saturated carbocycles. The average Bonchev–Trinajstić information content (AvgIpc) is 2.91. The van der Waals surface area contributed by atoms with Crippen molar-refractivity contribution in [2.45, 2.75) is 40.2 Å². The molecule has 4 heteroatoms. The molecule has 0 atom stereocenters. The number of benzene rings is 2. The van der Waals surface area contributed by atoms with E-state index >= 15 is 0 Å². The fourth-order valence-electron chi connectivity index (χ4n) is 3.02. The standard InChI is InChI=1S/C21H26N2O2/c1-15-5-7-18(8-6-15)25-12-4-10-23-20-14-17(3)16(2)13-19(20)22-21(23)9-11-24/h5-8,13-14,24H,4,9-12H2,1-3H3. The number of ether oxygens (including phenoxy) is 1. The zero-order chi connectivity index (χ0) is 17.8. The van der Waals surface area contributed by atoms with E-state index in [0.717, 1.165) is 35.6 Å². The van der Waals surface area contributed by atoms with Crippen LogP contribution in [0.15, 0.2) is 36.4 Å². The largest absolute Gasteiger partial charge is 0.494 e. The van der Waals surface area contributed by atoms with Crippen LogP contribution >= 0.6 is 0 Å². The van der Waals surface area contributed by atoms with E-state index < -0.39 is 0 Å². The highest BCUT2D eigenvalue weighted by Crippen LogP contribution is 2.22. The van der Waals surface area contributed by atoms with E-state index in [2.05, 4.69) is 49.6 Å². The summed E-state index contributed by atoms with van der Waals surface area (Å²) < 4.78 is 8.05. The number of aliphatic hydroxyl groups is 1. The number of aliphatic hydroxyl groups excluding tert-OH is 1. The van der Waals surface area contributed by atoms with Crippen LogP contribution in [0.5, 0.6) is 5.75 Å². The fourth-order valence-corrected chi connectivity index (χ4v) is 3.02. The van der Waals surface area contributed by atoms with E-state index in [4.69, 9.17) is 9.72 Å². The molecule has 0 saturated heterocycles. The van der Waals surface area contributed by atoms with Crippen molar-refractivity contribution in [2.75, 3.05) is 13.2 Å². The highest BCUT2D eigenvalue weighted by Gasteiger charge is 2.11. The SMILES string of the molecule is Cc1ccc(OCCCn2c(CCO)nc3cc(C)c(C)cc32)cc1. The Hall–Kier alpha value is -2.33. The average molecular weight is 338 g/mol. The summed E-state index contributed by atoms with van der Waals surface area (Å²) in [5.74, 6) is 1.85. The third kappa shape index (κ3) is 4.02. The minimum absolute atomic E-state index is 0.112. The van der Waals surface area contributed by atoms with Crippen LogP contribution in [0.2, 0.25) is 0 Å². The Morgan fingerprint density at radius 3 is 2.48 bits per heavy atom. The molecule has 0 aliphatic heterocycles. The van der Waals surface area contributed by atoms with Gasteiger partial charge in [-0.15, -0.1) is 0 Å². The van der Waals surface area contributed by atoms with Gasteiger partial charge in [-0.3, -0.25) is 0 Å². The summed E-state index contributed by atoms with van der Waals surface area (Å²) >= 11 is 0. The summed E-state index contributed by atoms with van der Waals surface area (Å²) in [6.45, 7) is 7.90. The first-order valence-corrected chi connectivity index (χ1v) is 8.85. The molecule has 0 radical (unpaired) electrons. The summed E-state index contributed by atoms with van der Waals surface area (Å²) in [6, 6.07) is 12.5. The van der Waals surface area contributed by atoms with E-state index in [1.807, 2.05) is 12.1 Å². The molecule has 1 heterocycles. The van der Waals surface area contributed by atoms with Gasteiger partial charge >= 0.3 is 0 Å². The number of fused-ring (bicyclic) bond motifs is 1. The summed E-state index contributed by atoms with van der Waals surface area (Å²) in [4.78, 5) is 4.71. The van der Waals surface area contributed by atoms with Crippen molar-refractivity contribution in [1.82, 2.24) is 9.55 Å². The Morgan fingerprint density at radius 1 is 1.04 bits per heavy atom. The molecular formula is C21H26N2O2. The molecule has 2 aromatic carbocycles. The maximum absolute atomic E-state index is 9.34. The van der Waals surface area contributed by atoms with Crippen molar-refractivity contribution >= 4 is 11.0 Å². The molecule has 1 N–H and O–H groups in total. The van der Waals surface area contributed by atoms with Crippen molar-refractivity contribution in [3.63, 3.8) is 0 Å². The van der Waals surface area contributed by atoms with E-state index in [9.17, 15) is 5.11 Å². The van der Waals surface area contributed by atoms with Crippen molar-refractivity contribution in [1.29, 1.82) is 0 Å². The highest BCUT2D eigenvalue weighted by molar-refractivity contribution is 5.78. The predicted octanol–water partition coefficient (Wildman–Crippen LogP) is 3.97. The van der Waals surface area contributed by atoms with Crippen LogP contribution in [-0.4, -0.2) is 27.9 Å². The predicted molar refractivity (Wildman–Crippen MR) is 101 cm³/mol. The van der Waals surface area contributed by atoms with Crippen molar-refractivity contribution in [3.05, 3.63) is 58.9 Å². The van der Waals surface area contributed by atoms with Crippen molar-refractivity contribution < 1.29 is 9.84 Å². The molecule has 4 nitrogen and oxygen atoms in total. The minimum atomic E-state index is 0.112. The van der Waals surface area contributed by atoms with E-state index in [0.29, 0.717) is 13.0 Å². The van der Waals surface area contributed by atoms with E-state index in [1.54, 1.807) is 0 Å². The van der Waals surface area contributed by atoms with Crippen LogP contribution in [0.4, 0.5) is 0 Å². The first-order chi connectivity index (χ1) is 12.1. The molecule has 3 rings (SSSR count). The van der Waals surface area contributed by atoms with Crippen LogP contribution in [0.3, 0.4) is 0 Å². The summed E-state index contributed by atoms with van der Waals surface area (Å²) in [7, 11) is 0. The van der Waals surface area contributed by atoms with Gasteiger partial charge < -0.3 is 14.4 Å². The summed E-state index contributed by atoms with van der Waals surface area (Å²) in [5, 5.41) is 9.34. The third-order valence-electron chi connectivity index (χ3n) is 4.59. The second-order valence-corrected chi connectivity index (χ2v) is 6.59. The van der Waals surface area contributed by atoms with Crippen LogP contribution in [0.1, 0.15) is 28.9 Å². The number of aryl methyl sites for hydroxylation is 4. The zero-order valence-corrected chi connectivity index (χ0v) is 15.2. The van der Waals surface area contributed by atoms with Crippen LogP contribution in [0, 0.1) is 20.8 Å². The van der Waals surface area contributed by atoms with Gasteiger partial charge in [0, 0.05) is 13.0 Å². The normalized spacial score (nSPS) is 11.2. The highest BCUT2D eigenvalue weighted by atomic mass is 16.5. The molecule has 25 heavy (non-hydrogen) atoms. The lowest BCUT2D eigenvalue weighted by molar-refractivity contribution is 0.289. The topological polar surface area (TPSA) is 47.3 Å². The van der Waals surface area contributed by atoms with E-state index in [-0.39, 0.29) is 6.61 Å². The Bertz CT molecular complexity index is 850. The quantitative estimate of drug-likeness (QED) is 0.663. The maximum atomic E-state index is 9.34. The Kier molecular flexibility index (Phi) is 5.39. The molecule has 0 bridgehead atoms. The maximum Gasteiger partial charge on any atom is 0.119 e. The van der Waals surface area contributed by atoms with Gasteiger partial charge in [-0.1, -0.05) is 17.7 Å². The Morgan fingerprint density at radius 2 is 1.76 bits per heavy atom. The van der Waals surface area contributed by atoms with E-state index in [1.165, 1.54) is 16.7 Å². The molecule has 0 spiro atoms. The molecule has 1 aromatic heterocycles. The third-order valence-corrected chi connectivity index (χ3v) is 4.59. The number of hydrogen-bond acceptors (Lipinski definition) is 3. The Balaban J connectivity index is 1.72. The lowest BCUT2D eigenvalue weighted by atomic mass is 10.1. The zero-order valence-electron chi connectivity index (χ0n) is 15.2. The van der Waals surface area contributed by atoms with Crippen LogP contribution in [-0.2, 0) is 13.0 Å². The fraction of sp³-hybridized carbons (Fsp3) is 0.381. The van der Waals surface area contributed by atoms with Gasteiger partial charge in [0.15, 0.2) is 0 Å². The number of aromatic nitrogens is 2. The lowest BCUT2D eigenvalue weighted by Crippen LogP contribution is -2.09. The molecule has 3 aromatic rings. The van der Waals surface area contributed by atoms with Gasteiger partial charge in [-0.2, -0.15) is 0 Å². The number of nitrogens with zero attached hydrogens (tertiary/aromatic N) is 2. The molecule has 0 fully saturated rings. The van der Waals surface area contributed by atoms with Gasteiger partial charge in [0.25, 0.3) is 0 Å². The number of imidazole rings is 1. The molecule has 0 unspecified atom stereocenters. The molecular weight excluding hydrogens is 312 g/mol. The molecule has 132 valence electrons. The second-order valence-electron chi connectivity index (χ2n) is 6.59. The monoisotopic (exact) mass is 338 g/mol. The lowest BCUT2D eigenvalue weighted by Gasteiger charge is -2.11. The number of hydrogen-bond donors (Lipinski definition) is 1. The van der Waals surface area contributed by atoms with Gasteiger partial charge in [0.1, 0.15) is 11.6 Å². The van der Waals surface area contributed by atoms with Crippen LogP contribution < -0.4 is 4.74 Å². The molecule has 0 aliphatic carbocycles. The van der Waals surface area contributed by atoms with Gasteiger partial charge in [-0.05, 0) is 62.6 Å². The van der Waals surface area contributed by atoms with Gasteiger partial charge in [-0.25, -0.2) is 4.98 Å². The van der Waals surface area contributed by atoms with Crippen LogP contribution in [0.25, 0.3) is 11.0 Å². The number of rotatable bonds is 7. The summed E-state index contributed by atoms with van der Waals surface area (Å²) in [5.41, 5.74) is 5.89. The first kappa shape index (κ1) is 17.5. The molecule has 0 aliphatic rings.